The minimum absolute atomic E-state index is 0.619. The molecule has 0 aliphatic carbocycles. The van der Waals surface area contributed by atoms with Crippen molar-refractivity contribution in [2.45, 2.75) is 32.7 Å². The fraction of sp³-hybridized carbons (Fsp3) is 0.500. The normalized spacial score (nSPS) is 9.95. The van der Waals surface area contributed by atoms with E-state index >= 15 is 0 Å². The van der Waals surface area contributed by atoms with Gasteiger partial charge in [0, 0.05) is 13.0 Å². The lowest BCUT2D eigenvalue weighted by Crippen LogP contribution is -2.13. The molecular weight excluding hydrogens is 238 g/mol. The average molecular weight is 261 g/mol. The predicted octanol–water partition coefficient (Wildman–Crippen LogP) is 2.99. The largest absolute Gasteiger partial charge is 0.493 e. The van der Waals surface area contributed by atoms with Gasteiger partial charge in [-0.25, -0.2) is 0 Å². The summed E-state index contributed by atoms with van der Waals surface area (Å²) in [5, 5.41) is 3.36. The summed E-state index contributed by atoms with van der Waals surface area (Å²) < 4.78 is 11.0. The Morgan fingerprint density at radius 2 is 2.16 bits per heavy atom. The summed E-state index contributed by atoms with van der Waals surface area (Å²) in [4.78, 5) is 0. The van der Waals surface area contributed by atoms with Crippen LogP contribution in [0.3, 0.4) is 0 Å². The predicted molar refractivity (Wildman–Crippen MR) is 78.6 cm³/mol. The molecule has 1 rings (SSSR count). The Hall–Kier alpha value is -1.66. The second-order valence-electron chi connectivity index (χ2n) is 4.32. The molecule has 0 fully saturated rings. The third-order valence-electron chi connectivity index (χ3n) is 2.71. The van der Waals surface area contributed by atoms with Crippen LogP contribution in [0.2, 0.25) is 0 Å². The number of unbranched alkanes of at least 4 members (excludes halogenated alkanes) is 1. The van der Waals surface area contributed by atoms with Gasteiger partial charge in [-0.15, -0.1) is 12.3 Å². The monoisotopic (exact) mass is 261 g/mol. The van der Waals surface area contributed by atoms with Crippen molar-refractivity contribution in [2.75, 3.05) is 20.3 Å². The molecule has 0 heterocycles. The van der Waals surface area contributed by atoms with Gasteiger partial charge >= 0.3 is 0 Å². The van der Waals surface area contributed by atoms with Crippen LogP contribution in [0.25, 0.3) is 0 Å². The van der Waals surface area contributed by atoms with Crippen LogP contribution in [0.1, 0.15) is 31.7 Å². The van der Waals surface area contributed by atoms with Crippen molar-refractivity contribution in [3.63, 3.8) is 0 Å². The summed E-state index contributed by atoms with van der Waals surface area (Å²) >= 11 is 0. The van der Waals surface area contributed by atoms with E-state index in [0.717, 1.165) is 43.9 Å². The lowest BCUT2D eigenvalue weighted by Gasteiger charge is -2.12. The smallest absolute Gasteiger partial charge is 0.161 e. The van der Waals surface area contributed by atoms with E-state index in [9.17, 15) is 0 Å². The number of hydrogen-bond acceptors (Lipinski definition) is 3. The lowest BCUT2D eigenvalue weighted by atomic mass is 10.2. The summed E-state index contributed by atoms with van der Waals surface area (Å²) in [7, 11) is 1.66. The molecule has 0 spiro atoms. The van der Waals surface area contributed by atoms with Crippen molar-refractivity contribution < 1.29 is 9.47 Å². The van der Waals surface area contributed by atoms with Crippen LogP contribution >= 0.6 is 0 Å². The SMILES string of the molecule is C#CCCCOc1ccc(CNCCC)cc1OC. The molecule has 0 amide bonds. The molecule has 1 N–H and O–H groups in total. The molecule has 0 unspecified atom stereocenters. The van der Waals surface area contributed by atoms with Gasteiger partial charge in [-0.05, 0) is 37.1 Å². The molecule has 0 atom stereocenters. The standard InChI is InChI=1S/C16H23NO2/c1-4-6-7-11-19-15-9-8-14(12-16(15)18-3)13-17-10-5-2/h1,8-9,12,17H,5-7,10-11,13H2,2-3H3. The van der Waals surface area contributed by atoms with Crippen LogP contribution in [-0.2, 0) is 6.54 Å². The van der Waals surface area contributed by atoms with Crippen LogP contribution < -0.4 is 14.8 Å². The van der Waals surface area contributed by atoms with Gasteiger partial charge in [0.15, 0.2) is 11.5 Å². The van der Waals surface area contributed by atoms with Crippen LogP contribution in [0.4, 0.5) is 0 Å². The maximum atomic E-state index is 5.67. The van der Waals surface area contributed by atoms with E-state index in [0.29, 0.717) is 6.61 Å². The van der Waals surface area contributed by atoms with Gasteiger partial charge in [0.2, 0.25) is 0 Å². The fourth-order valence-electron chi connectivity index (χ4n) is 1.71. The molecule has 3 heteroatoms. The molecule has 0 aromatic heterocycles. The third-order valence-corrected chi connectivity index (χ3v) is 2.71. The van der Waals surface area contributed by atoms with Crippen molar-refractivity contribution in [2.24, 2.45) is 0 Å². The molecule has 0 saturated heterocycles. The molecule has 104 valence electrons. The van der Waals surface area contributed by atoms with E-state index < -0.39 is 0 Å². The Morgan fingerprint density at radius 1 is 1.32 bits per heavy atom. The van der Waals surface area contributed by atoms with Gasteiger partial charge in [-0.2, -0.15) is 0 Å². The zero-order valence-corrected chi connectivity index (χ0v) is 11.9. The molecule has 0 aliphatic rings. The van der Waals surface area contributed by atoms with E-state index in [4.69, 9.17) is 15.9 Å². The molecule has 19 heavy (non-hydrogen) atoms. The summed E-state index contributed by atoms with van der Waals surface area (Å²) in [5.74, 6) is 4.15. The highest BCUT2D eigenvalue weighted by molar-refractivity contribution is 5.42. The van der Waals surface area contributed by atoms with Gasteiger partial charge in [0.05, 0.1) is 13.7 Å². The van der Waals surface area contributed by atoms with Crippen molar-refractivity contribution in [3.05, 3.63) is 23.8 Å². The minimum atomic E-state index is 0.619. The Labute approximate surface area is 116 Å². The average Bonchev–Trinajstić information content (AvgIpc) is 2.44. The van der Waals surface area contributed by atoms with Crippen LogP contribution in [0.5, 0.6) is 11.5 Å². The minimum Gasteiger partial charge on any atom is -0.493 e. The lowest BCUT2D eigenvalue weighted by molar-refractivity contribution is 0.290. The van der Waals surface area contributed by atoms with Gasteiger partial charge in [0.1, 0.15) is 0 Å². The van der Waals surface area contributed by atoms with Crippen molar-refractivity contribution >= 4 is 0 Å². The fourth-order valence-corrected chi connectivity index (χ4v) is 1.71. The topological polar surface area (TPSA) is 30.5 Å². The van der Waals surface area contributed by atoms with Gasteiger partial charge < -0.3 is 14.8 Å². The van der Waals surface area contributed by atoms with Crippen molar-refractivity contribution in [1.29, 1.82) is 0 Å². The highest BCUT2D eigenvalue weighted by Gasteiger charge is 2.05. The summed E-state index contributed by atoms with van der Waals surface area (Å²) in [6, 6.07) is 6.03. The summed E-state index contributed by atoms with van der Waals surface area (Å²) in [5.41, 5.74) is 1.20. The van der Waals surface area contributed by atoms with E-state index in [1.807, 2.05) is 12.1 Å². The zero-order chi connectivity index (χ0) is 13.9. The van der Waals surface area contributed by atoms with Crippen LogP contribution in [0, 0.1) is 12.3 Å². The molecule has 0 bridgehead atoms. The molecular formula is C16H23NO2. The van der Waals surface area contributed by atoms with Gasteiger partial charge in [-0.3, -0.25) is 0 Å². The number of rotatable bonds is 9. The molecule has 0 radical (unpaired) electrons. The summed E-state index contributed by atoms with van der Waals surface area (Å²) in [6.07, 6.45) is 7.94. The molecule has 0 aliphatic heterocycles. The molecule has 1 aromatic carbocycles. The van der Waals surface area contributed by atoms with E-state index in [1.54, 1.807) is 7.11 Å². The van der Waals surface area contributed by atoms with Crippen LogP contribution in [-0.4, -0.2) is 20.3 Å². The Balaban J connectivity index is 2.55. The van der Waals surface area contributed by atoms with Gasteiger partial charge in [0.25, 0.3) is 0 Å². The highest BCUT2D eigenvalue weighted by Crippen LogP contribution is 2.28. The van der Waals surface area contributed by atoms with Crippen molar-refractivity contribution in [3.8, 4) is 23.8 Å². The number of terminal acetylenes is 1. The second kappa shape index (κ2) is 9.29. The van der Waals surface area contributed by atoms with Crippen LogP contribution in [0.15, 0.2) is 18.2 Å². The van der Waals surface area contributed by atoms with E-state index in [1.165, 1.54) is 5.56 Å². The highest BCUT2D eigenvalue weighted by atomic mass is 16.5. The third kappa shape index (κ3) is 5.67. The molecule has 0 saturated carbocycles. The summed E-state index contributed by atoms with van der Waals surface area (Å²) in [6.45, 7) is 4.64. The Morgan fingerprint density at radius 3 is 2.84 bits per heavy atom. The Bertz CT molecular complexity index is 410. The van der Waals surface area contributed by atoms with Gasteiger partial charge in [-0.1, -0.05) is 13.0 Å². The maximum absolute atomic E-state index is 5.67. The first-order chi connectivity index (χ1) is 9.31. The van der Waals surface area contributed by atoms with E-state index in [2.05, 4.69) is 24.2 Å². The Kier molecular flexibility index (Phi) is 7.53. The number of nitrogens with one attached hydrogen (secondary N) is 1. The first-order valence-electron chi connectivity index (χ1n) is 6.75. The number of ether oxygens (including phenoxy) is 2. The number of benzene rings is 1. The number of hydrogen-bond donors (Lipinski definition) is 1. The first kappa shape index (κ1) is 15.4. The molecule has 3 nitrogen and oxygen atoms in total. The second-order valence-corrected chi connectivity index (χ2v) is 4.32. The van der Waals surface area contributed by atoms with E-state index in [-0.39, 0.29) is 0 Å². The molecule has 1 aromatic rings. The number of methoxy groups -OCH3 is 1. The quantitative estimate of drug-likeness (QED) is 0.547. The zero-order valence-electron chi connectivity index (χ0n) is 11.9. The first-order valence-corrected chi connectivity index (χ1v) is 6.75. The van der Waals surface area contributed by atoms with Crippen molar-refractivity contribution in [1.82, 2.24) is 5.32 Å². The maximum Gasteiger partial charge on any atom is 0.161 e.